The van der Waals surface area contributed by atoms with Crippen LogP contribution < -0.4 is 19.9 Å². The lowest BCUT2D eigenvalue weighted by atomic mass is 9.98. The largest absolute Gasteiger partial charge is 0.494 e. The van der Waals surface area contributed by atoms with E-state index in [9.17, 15) is 9.59 Å². The average molecular weight is 417 g/mol. The summed E-state index contributed by atoms with van der Waals surface area (Å²) in [5.41, 5.74) is 6.26. The third-order valence-electron chi connectivity index (χ3n) is 4.28. The SMILES string of the molecule is CCOc1cccc(C(=O)c2ncc(C(N)=O)c3cc(OC)c(OC)cc23)c1.Cl. The minimum absolute atomic E-state index is 0. The van der Waals surface area contributed by atoms with Crippen molar-refractivity contribution in [3.63, 3.8) is 0 Å². The Morgan fingerprint density at radius 1 is 1.03 bits per heavy atom. The first-order valence-electron chi connectivity index (χ1n) is 8.62. The number of ketones is 1. The van der Waals surface area contributed by atoms with Crippen molar-refractivity contribution in [3.8, 4) is 17.2 Å². The van der Waals surface area contributed by atoms with Gasteiger partial charge in [0.15, 0.2) is 11.5 Å². The van der Waals surface area contributed by atoms with Gasteiger partial charge in [-0.15, -0.1) is 12.4 Å². The number of hydrogen-bond acceptors (Lipinski definition) is 6. The van der Waals surface area contributed by atoms with Crippen LogP contribution in [0.25, 0.3) is 10.8 Å². The molecule has 0 spiro atoms. The zero-order valence-electron chi connectivity index (χ0n) is 16.2. The highest BCUT2D eigenvalue weighted by Gasteiger charge is 2.21. The van der Waals surface area contributed by atoms with Crippen LogP contribution in [0.4, 0.5) is 0 Å². The number of hydrogen-bond donors (Lipinski definition) is 1. The lowest BCUT2D eigenvalue weighted by Crippen LogP contribution is -2.14. The number of benzene rings is 2. The van der Waals surface area contributed by atoms with Crippen LogP contribution in [0.15, 0.2) is 42.6 Å². The summed E-state index contributed by atoms with van der Waals surface area (Å²) in [7, 11) is 2.97. The molecule has 3 rings (SSSR count). The van der Waals surface area contributed by atoms with Gasteiger partial charge in [-0.3, -0.25) is 14.6 Å². The molecule has 0 bridgehead atoms. The van der Waals surface area contributed by atoms with Crippen LogP contribution in [0.2, 0.25) is 0 Å². The van der Waals surface area contributed by atoms with Gasteiger partial charge in [0.25, 0.3) is 5.91 Å². The topological polar surface area (TPSA) is 101 Å². The Morgan fingerprint density at radius 3 is 2.28 bits per heavy atom. The van der Waals surface area contributed by atoms with Crippen molar-refractivity contribution in [2.75, 3.05) is 20.8 Å². The second-order valence-corrected chi connectivity index (χ2v) is 5.93. The van der Waals surface area contributed by atoms with Gasteiger partial charge in [0.1, 0.15) is 11.4 Å². The lowest BCUT2D eigenvalue weighted by Gasteiger charge is -2.13. The summed E-state index contributed by atoms with van der Waals surface area (Å²) < 4.78 is 16.1. The third-order valence-corrected chi connectivity index (χ3v) is 4.28. The highest BCUT2D eigenvalue weighted by molar-refractivity contribution is 6.18. The molecule has 0 radical (unpaired) electrons. The third kappa shape index (κ3) is 4.25. The Bertz CT molecular complexity index is 1070. The van der Waals surface area contributed by atoms with E-state index in [0.29, 0.717) is 40.2 Å². The van der Waals surface area contributed by atoms with Crippen molar-refractivity contribution in [2.45, 2.75) is 6.92 Å². The fourth-order valence-electron chi connectivity index (χ4n) is 2.97. The molecule has 0 saturated carbocycles. The molecule has 1 heterocycles. The van der Waals surface area contributed by atoms with Crippen LogP contribution in [0, 0.1) is 0 Å². The van der Waals surface area contributed by atoms with E-state index in [4.69, 9.17) is 19.9 Å². The standard InChI is InChI=1S/C21H20N2O5.ClH/c1-4-28-13-7-5-6-12(8-13)20(24)19-15-10-18(27-3)17(26-2)9-14(15)16(11-23-19)21(22)25;/h5-11H,4H2,1-3H3,(H2,22,25);1H. The summed E-state index contributed by atoms with van der Waals surface area (Å²) in [5, 5.41) is 0.908. The Hall–Kier alpha value is -3.32. The van der Waals surface area contributed by atoms with E-state index in [1.165, 1.54) is 20.4 Å². The summed E-state index contributed by atoms with van der Waals surface area (Å²) in [6.45, 7) is 2.36. The monoisotopic (exact) mass is 416 g/mol. The van der Waals surface area contributed by atoms with Gasteiger partial charge in [0, 0.05) is 22.5 Å². The number of nitrogens with two attached hydrogens (primary N) is 1. The summed E-state index contributed by atoms with van der Waals surface area (Å²) in [4.78, 5) is 29.2. The van der Waals surface area contributed by atoms with E-state index in [1.54, 1.807) is 36.4 Å². The van der Waals surface area contributed by atoms with E-state index in [-0.39, 0.29) is 29.4 Å². The van der Waals surface area contributed by atoms with Crippen molar-refractivity contribution < 1.29 is 23.8 Å². The molecular formula is C21H21ClN2O5. The number of carbonyl (C=O) groups is 2. The molecule has 0 aliphatic heterocycles. The Labute approximate surface area is 174 Å². The Balaban J connectivity index is 0.00000300. The Kier molecular flexibility index (Phi) is 7.01. The summed E-state index contributed by atoms with van der Waals surface area (Å²) in [6, 6.07) is 10.1. The van der Waals surface area contributed by atoms with Crippen molar-refractivity contribution in [3.05, 3.63) is 59.4 Å². The Morgan fingerprint density at radius 2 is 1.69 bits per heavy atom. The molecule has 29 heavy (non-hydrogen) atoms. The van der Waals surface area contributed by atoms with Gasteiger partial charge < -0.3 is 19.9 Å². The predicted molar refractivity (Wildman–Crippen MR) is 112 cm³/mol. The molecule has 3 aromatic rings. The normalized spacial score (nSPS) is 10.2. The highest BCUT2D eigenvalue weighted by atomic mass is 35.5. The van der Waals surface area contributed by atoms with Gasteiger partial charge in [-0.1, -0.05) is 12.1 Å². The molecule has 1 aromatic heterocycles. The molecule has 0 aliphatic carbocycles. The zero-order valence-corrected chi connectivity index (χ0v) is 17.0. The molecule has 0 saturated heterocycles. The van der Waals surface area contributed by atoms with E-state index in [0.717, 1.165) is 0 Å². The molecule has 0 atom stereocenters. The van der Waals surface area contributed by atoms with E-state index < -0.39 is 5.91 Å². The molecule has 8 heteroatoms. The van der Waals surface area contributed by atoms with E-state index in [2.05, 4.69) is 4.98 Å². The van der Waals surface area contributed by atoms with Gasteiger partial charge >= 0.3 is 0 Å². The quantitative estimate of drug-likeness (QED) is 0.592. The minimum atomic E-state index is -0.651. The number of aromatic nitrogens is 1. The van der Waals surface area contributed by atoms with Crippen LogP contribution >= 0.6 is 12.4 Å². The van der Waals surface area contributed by atoms with Gasteiger partial charge in [-0.2, -0.15) is 0 Å². The first kappa shape index (κ1) is 22.0. The number of nitrogens with zero attached hydrogens (tertiary/aromatic N) is 1. The number of primary amides is 1. The van der Waals surface area contributed by atoms with Crippen LogP contribution in [-0.2, 0) is 0 Å². The smallest absolute Gasteiger partial charge is 0.250 e. The summed E-state index contributed by atoms with van der Waals surface area (Å²) in [6.07, 6.45) is 1.30. The van der Waals surface area contributed by atoms with Crippen molar-refractivity contribution in [1.29, 1.82) is 0 Å². The van der Waals surface area contributed by atoms with Gasteiger partial charge in [0.05, 0.1) is 26.4 Å². The number of pyridine rings is 1. The number of fused-ring (bicyclic) bond motifs is 1. The zero-order chi connectivity index (χ0) is 20.3. The van der Waals surface area contributed by atoms with E-state index in [1.807, 2.05) is 6.92 Å². The number of ether oxygens (including phenoxy) is 3. The molecular weight excluding hydrogens is 396 g/mol. The molecule has 0 unspecified atom stereocenters. The predicted octanol–water partition coefficient (Wildman–Crippen LogP) is 3.40. The van der Waals surface area contributed by atoms with Crippen LogP contribution in [0.1, 0.15) is 33.3 Å². The molecule has 7 nitrogen and oxygen atoms in total. The van der Waals surface area contributed by atoms with Crippen LogP contribution in [-0.4, -0.2) is 37.5 Å². The molecule has 0 fully saturated rings. The fourth-order valence-corrected chi connectivity index (χ4v) is 2.97. The number of halogens is 1. The molecule has 2 aromatic carbocycles. The van der Waals surface area contributed by atoms with Crippen molar-refractivity contribution in [1.82, 2.24) is 4.98 Å². The summed E-state index contributed by atoms with van der Waals surface area (Å²) >= 11 is 0. The molecule has 152 valence electrons. The van der Waals surface area contributed by atoms with E-state index >= 15 is 0 Å². The maximum absolute atomic E-state index is 13.1. The van der Waals surface area contributed by atoms with Gasteiger partial charge in [0.2, 0.25) is 5.78 Å². The lowest BCUT2D eigenvalue weighted by molar-refractivity contribution is 0.0997. The number of rotatable bonds is 7. The molecule has 2 N–H and O–H groups in total. The average Bonchev–Trinajstić information content (AvgIpc) is 2.71. The minimum Gasteiger partial charge on any atom is -0.494 e. The number of carbonyl (C=O) groups excluding carboxylic acids is 2. The van der Waals surface area contributed by atoms with Gasteiger partial charge in [-0.05, 0) is 31.2 Å². The maximum Gasteiger partial charge on any atom is 0.250 e. The number of amides is 1. The molecule has 1 amide bonds. The van der Waals surface area contributed by atoms with Crippen LogP contribution in [0.3, 0.4) is 0 Å². The van der Waals surface area contributed by atoms with Gasteiger partial charge in [-0.25, -0.2) is 0 Å². The summed E-state index contributed by atoms with van der Waals surface area (Å²) in [5.74, 6) is 0.457. The van der Waals surface area contributed by atoms with Crippen molar-refractivity contribution in [2.24, 2.45) is 5.73 Å². The second-order valence-electron chi connectivity index (χ2n) is 5.93. The highest BCUT2D eigenvalue weighted by Crippen LogP contribution is 2.35. The van der Waals surface area contributed by atoms with Crippen molar-refractivity contribution >= 4 is 34.9 Å². The number of methoxy groups -OCH3 is 2. The maximum atomic E-state index is 13.1. The first-order chi connectivity index (χ1) is 13.5. The molecule has 0 aliphatic rings. The van der Waals surface area contributed by atoms with Crippen LogP contribution in [0.5, 0.6) is 17.2 Å². The first-order valence-corrected chi connectivity index (χ1v) is 8.62. The second kappa shape index (κ2) is 9.25. The fraction of sp³-hybridized carbons (Fsp3) is 0.190.